The van der Waals surface area contributed by atoms with Gasteiger partial charge in [0.2, 0.25) is 0 Å². The van der Waals surface area contributed by atoms with Crippen LogP contribution in [0.5, 0.6) is 11.5 Å². The average molecular weight is 290 g/mol. The molecule has 2 saturated heterocycles. The summed E-state index contributed by atoms with van der Waals surface area (Å²) in [5.74, 6) is 1.62. The number of methoxy groups -OCH3 is 2. The zero-order valence-electron chi connectivity index (χ0n) is 13.3. The summed E-state index contributed by atoms with van der Waals surface area (Å²) >= 11 is 0. The molecule has 2 heterocycles. The van der Waals surface area contributed by atoms with E-state index in [-0.39, 0.29) is 0 Å². The molecule has 21 heavy (non-hydrogen) atoms. The van der Waals surface area contributed by atoms with Gasteiger partial charge in [-0.3, -0.25) is 9.80 Å². The van der Waals surface area contributed by atoms with E-state index < -0.39 is 0 Å². The molecular weight excluding hydrogens is 264 g/mol. The fraction of sp³-hybridized carbons (Fsp3) is 0.647. The van der Waals surface area contributed by atoms with Crippen LogP contribution in [0.25, 0.3) is 0 Å². The van der Waals surface area contributed by atoms with Crippen molar-refractivity contribution in [2.45, 2.75) is 38.4 Å². The SMILES string of the molecule is COc1ccc(CN2CCN3CCC[C@@H]3[C@@H]2C)cc1OC. The van der Waals surface area contributed by atoms with Crippen LogP contribution in [-0.4, -0.2) is 55.7 Å². The number of nitrogens with zero attached hydrogens (tertiary/aromatic N) is 2. The highest BCUT2D eigenvalue weighted by Crippen LogP contribution is 2.31. The molecule has 1 aromatic carbocycles. The molecule has 3 rings (SSSR count). The third-order valence-electron chi connectivity index (χ3n) is 5.06. The molecule has 0 amide bonds. The van der Waals surface area contributed by atoms with Gasteiger partial charge in [0.25, 0.3) is 0 Å². The van der Waals surface area contributed by atoms with Crippen LogP contribution < -0.4 is 9.47 Å². The Bertz CT molecular complexity index is 492. The number of benzene rings is 1. The molecule has 0 aromatic heterocycles. The van der Waals surface area contributed by atoms with Crippen LogP contribution in [0.15, 0.2) is 18.2 Å². The van der Waals surface area contributed by atoms with E-state index in [1.807, 2.05) is 6.07 Å². The number of fused-ring (bicyclic) bond motifs is 1. The molecule has 2 aliphatic rings. The first-order valence-electron chi connectivity index (χ1n) is 7.92. The third kappa shape index (κ3) is 2.87. The monoisotopic (exact) mass is 290 g/mol. The van der Waals surface area contributed by atoms with E-state index in [2.05, 4.69) is 28.9 Å². The summed E-state index contributed by atoms with van der Waals surface area (Å²) in [5, 5.41) is 0. The molecular formula is C17H26N2O2. The smallest absolute Gasteiger partial charge is 0.161 e. The Kier molecular flexibility index (Phi) is 4.36. The summed E-state index contributed by atoms with van der Waals surface area (Å²) in [7, 11) is 3.38. The second kappa shape index (κ2) is 6.24. The summed E-state index contributed by atoms with van der Waals surface area (Å²) in [4.78, 5) is 5.27. The quantitative estimate of drug-likeness (QED) is 0.850. The molecule has 2 aliphatic heterocycles. The van der Waals surface area contributed by atoms with Gasteiger partial charge in [-0.15, -0.1) is 0 Å². The lowest BCUT2D eigenvalue weighted by Gasteiger charge is -2.43. The molecule has 0 N–H and O–H groups in total. The van der Waals surface area contributed by atoms with Gasteiger partial charge >= 0.3 is 0 Å². The van der Waals surface area contributed by atoms with Crippen LogP contribution in [0.1, 0.15) is 25.3 Å². The van der Waals surface area contributed by atoms with E-state index in [9.17, 15) is 0 Å². The van der Waals surface area contributed by atoms with Gasteiger partial charge in [-0.2, -0.15) is 0 Å². The van der Waals surface area contributed by atoms with E-state index in [4.69, 9.17) is 9.47 Å². The second-order valence-electron chi connectivity index (χ2n) is 6.15. The largest absolute Gasteiger partial charge is 0.493 e. The van der Waals surface area contributed by atoms with Crippen molar-refractivity contribution in [1.29, 1.82) is 0 Å². The maximum atomic E-state index is 5.41. The maximum absolute atomic E-state index is 5.41. The number of hydrogen-bond acceptors (Lipinski definition) is 4. The molecule has 0 bridgehead atoms. The van der Waals surface area contributed by atoms with Gasteiger partial charge in [0, 0.05) is 31.7 Å². The minimum Gasteiger partial charge on any atom is -0.493 e. The van der Waals surface area contributed by atoms with E-state index in [1.54, 1.807) is 14.2 Å². The summed E-state index contributed by atoms with van der Waals surface area (Å²) in [6.45, 7) is 7.03. The molecule has 0 radical (unpaired) electrons. The van der Waals surface area contributed by atoms with Gasteiger partial charge in [-0.25, -0.2) is 0 Å². The fourth-order valence-corrected chi connectivity index (χ4v) is 3.82. The van der Waals surface area contributed by atoms with Crippen LogP contribution >= 0.6 is 0 Å². The molecule has 0 saturated carbocycles. The van der Waals surface area contributed by atoms with Gasteiger partial charge in [0.1, 0.15) is 0 Å². The van der Waals surface area contributed by atoms with Crippen molar-refractivity contribution in [1.82, 2.24) is 9.80 Å². The second-order valence-corrected chi connectivity index (χ2v) is 6.15. The van der Waals surface area contributed by atoms with E-state index in [0.717, 1.165) is 30.6 Å². The van der Waals surface area contributed by atoms with E-state index in [1.165, 1.54) is 31.5 Å². The van der Waals surface area contributed by atoms with Crippen LogP contribution in [0.4, 0.5) is 0 Å². The zero-order valence-corrected chi connectivity index (χ0v) is 13.3. The first-order valence-corrected chi connectivity index (χ1v) is 7.92. The van der Waals surface area contributed by atoms with Crippen molar-refractivity contribution >= 4 is 0 Å². The molecule has 0 unspecified atom stereocenters. The maximum Gasteiger partial charge on any atom is 0.161 e. The van der Waals surface area contributed by atoms with Crippen LogP contribution in [0, 0.1) is 0 Å². The lowest BCUT2D eigenvalue weighted by molar-refractivity contribution is 0.0470. The van der Waals surface area contributed by atoms with E-state index in [0.29, 0.717) is 6.04 Å². The Morgan fingerprint density at radius 2 is 1.90 bits per heavy atom. The minimum absolute atomic E-state index is 0.634. The molecule has 0 spiro atoms. The molecule has 116 valence electrons. The van der Waals surface area contributed by atoms with Crippen molar-refractivity contribution in [3.05, 3.63) is 23.8 Å². The van der Waals surface area contributed by atoms with Crippen LogP contribution in [0.2, 0.25) is 0 Å². The lowest BCUT2D eigenvalue weighted by atomic mass is 10.0. The Morgan fingerprint density at radius 3 is 2.67 bits per heavy atom. The zero-order chi connectivity index (χ0) is 14.8. The highest BCUT2D eigenvalue weighted by atomic mass is 16.5. The van der Waals surface area contributed by atoms with Crippen molar-refractivity contribution in [3.8, 4) is 11.5 Å². The number of piperazine rings is 1. The average Bonchev–Trinajstić information content (AvgIpc) is 2.99. The van der Waals surface area contributed by atoms with Gasteiger partial charge < -0.3 is 9.47 Å². The highest BCUT2D eigenvalue weighted by molar-refractivity contribution is 5.42. The molecule has 1 aromatic rings. The summed E-state index contributed by atoms with van der Waals surface area (Å²) < 4.78 is 10.7. The molecule has 2 atom stereocenters. The van der Waals surface area contributed by atoms with Crippen LogP contribution in [0.3, 0.4) is 0 Å². The van der Waals surface area contributed by atoms with Gasteiger partial charge in [-0.05, 0) is 44.0 Å². The number of hydrogen-bond donors (Lipinski definition) is 0. The first kappa shape index (κ1) is 14.7. The van der Waals surface area contributed by atoms with Crippen molar-refractivity contribution in [3.63, 3.8) is 0 Å². The Morgan fingerprint density at radius 1 is 1.10 bits per heavy atom. The standard InChI is InChI=1S/C17H26N2O2/c1-13-15-5-4-8-18(15)9-10-19(13)12-14-6-7-16(20-2)17(11-14)21-3/h6-7,11,13,15H,4-5,8-10,12H2,1-3H3/t13-,15+/m0/s1. The third-order valence-corrected chi connectivity index (χ3v) is 5.06. The fourth-order valence-electron chi connectivity index (χ4n) is 3.82. The first-order chi connectivity index (χ1) is 10.2. The van der Waals surface area contributed by atoms with Gasteiger partial charge in [0.05, 0.1) is 14.2 Å². The molecule has 4 heteroatoms. The van der Waals surface area contributed by atoms with Crippen molar-refractivity contribution in [2.75, 3.05) is 33.9 Å². The normalized spacial score (nSPS) is 26.6. The number of rotatable bonds is 4. The van der Waals surface area contributed by atoms with Crippen molar-refractivity contribution < 1.29 is 9.47 Å². The topological polar surface area (TPSA) is 24.9 Å². The van der Waals surface area contributed by atoms with E-state index >= 15 is 0 Å². The molecule has 4 nitrogen and oxygen atoms in total. The van der Waals surface area contributed by atoms with Crippen LogP contribution in [-0.2, 0) is 6.54 Å². The Hall–Kier alpha value is -1.26. The summed E-state index contributed by atoms with van der Waals surface area (Å²) in [5.41, 5.74) is 1.30. The molecule has 0 aliphatic carbocycles. The minimum atomic E-state index is 0.634. The molecule has 2 fully saturated rings. The highest BCUT2D eigenvalue weighted by Gasteiger charge is 2.36. The van der Waals surface area contributed by atoms with Crippen molar-refractivity contribution in [2.24, 2.45) is 0 Å². The predicted molar refractivity (Wildman–Crippen MR) is 84.0 cm³/mol. The summed E-state index contributed by atoms with van der Waals surface area (Å²) in [6, 6.07) is 7.64. The number of ether oxygens (including phenoxy) is 2. The summed E-state index contributed by atoms with van der Waals surface area (Å²) in [6.07, 6.45) is 2.71. The predicted octanol–water partition coefficient (Wildman–Crippen LogP) is 2.37. The van der Waals surface area contributed by atoms with Gasteiger partial charge in [-0.1, -0.05) is 6.07 Å². The lowest BCUT2D eigenvalue weighted by Crippen LogP contribution is -2.55. The Balaban J connectivity index is 1.71. The van der Waals surface area contributed by atoms with Gasteiger partial charge in [0.15, 0.2) is 11.5 Å². The Labute approximate surface area is 127 Å².